The lowest BCUT2D eigenvalue weighted by Crippen LogP contribution is -1.89. The molecule has 0 aromatic heterocycles. The van der Waals surface area contributed by atoms with E-state index in [9.17, 15) is 0 Å². The van der Waals surface area contributed by atoms with Crippen LogP contribution in [0.3, 0.4) is 0 Å². The van der Waals surface area contributed by atoms with Crippen molar-refractivity contribution in [2.45, 2.75) is 34.6 Å². The van der Waals surface area contributed by atoms with Crippen molar-refractivity contribution in [1.29, 1.82) is 0 Å². The van der Waals surface area contributed by atoms with Gasteiger partial charge in [0.1, 0.15) is 5.76 Å². The van der Waals surface area contributed by atoms with Crippen LogP contribution in [0.25, 0.3) is 5.76 Å². The van der Waals surface area contributed by atoms with Gasteiger partial charge in [-0.1, -0.05) is 44.2 Å². The SMILES string of the molecule is C/C=C(/C)O/C(=C\C)c1ccccc1.CC. The molecule has 0 aliphatic heterocycles. The number of hydrogen-bond acceptors (Lipinski definition) is 1. The third kappa shape index (κ3) is 4.83. The fourth-order valence-corrected chi connectivity index (χ4v) is 1.12. The first-order chi connectivity index (χ1) is 7.77. The number of benzene rings is 1. The van der Waals surface area contributed by atoms with Crippen LogP contribution in [-0.2, 0) is 4.74 Å². The van der Waals surface area contributed by atoms with Gasteiger partial charge in [-0.15, -0.1) is 0 Å². The van der Waals surface area contributed by atoms with Crippen molar-refractivity contribution in [3.63, 3.8) is 0 Å². The van der Waals surface area contributed by atoms with E-state index in [-0.39, 0.29) is 0 Å². The topological polar surface area (TPSA) is 9.23 Å². The zero-order valence-corrected chi connectivity index (χ0v) is 10.9. The van der Waals surface area contributed by atoms with Crippen LogP contribution >= 0.6 is 0 Å². The zero-order valence-electron chi connectivity index (χ0n) is 10.9. The minimum Gasteiger partial charge on any atom is -0.462 e. The Balaban J connectivity index is 0.00000106. The molecule has 0 aliphatic carbocycles. The normalized spacial score (nSPS) is 11.6. The Morgan fingerprint density at radius 2 is 1.56 bits per heavy atom. The molecule has 88 valence electrons. The molecule has 0 N–H and O–H groups in total. The Kier molecular flexibility index (Phi) is 7.96. The molecule has 1 nitrogen and oxygen atoms in total. The highest BCUT2D eigenvalue weighted by Crippen LogP contribution is 2.18. The van der Waals surface area contributed by atoms with Gasteiger partial charge in [-0.2, -0.15) is 0 Å². The predicted molar refractivity (Wildman–Crippen MR) is 72.0 cm³/mol. The maximum Gasteiger partial charge on any atom is 0.129 e. The van der Waals surface area contributed by atoms with E-state index in [1.165, 1.54) is 0 Å². The molecule has 0 amide bonds. The molecule has 1 rings (SSSR count). The summed E-state index contributed by atoms with van der Waals surface area (Å²) in [6, 6.07) is 10.1. The van der Waals surface area contributed by atoms with Crippen molar-refractivity contribution in [3.8, 4) is 0 Å². The average Bonchev–Trinajstić information content (AvgIpc) is 2.39. The summed E-state index contributed by atoms with van der Waals surface area (Å²) in [5, 5.41) is 0. The van der Waals surface area contributed by atoms with Gasteiger partial charge in [-0.25, -0.2) is 0 Å². The standard InChI is InChI=1S/C13H16O.C2H6/c1-4-11(3)14-13(5-2)12-9-7-6-8-10-12;1-2/h4-10H,1-3H3;1-2H3/b11-4-,13-5-;. The van der Waals surface area contributed by atoms with E-state index < -0.39 is 0 Å². The lowest BCUT2D eigenvalue weighted by Gasteiger charge is -2.09. The minimum absolute atomic E-state index is 0.904. The smallest absolute Gasteiger partial charge is 0.129 e. The molecule has 1 aromatic rings. The highest BCUT2D eigenvalue weighted by molar-refractivity contribution is 5.59. The minimum atomic E-state index is 0.904. The van der Waals surface area contributed by atoms with E-state index in [1.54, 1.807) is 0 Å². The van der Waals surface area contributed by atoms with Crippen LogP contribution in [0.2, 0.25) is 0 Å². The summed E-state index contributed by atoms with van der Waals surface area (Å²) in [5.41, 5.74) is 1.11. The van der Waals surface area contributed by atoms with E-state index >= 15 is 0 Å². The van der Waals surface area contributed by atoms with Crippen LogP contribution in [0, 0.1) is 0 Å². The summed E-state index contributed by atoms with van der Waals surface area (Å²) >= 11 is 0. The van der Waals surface area contributed by atoms with Crippen molar-refractivity contribution in [2.75, 3.05) is 0 Å². The molecule has 0 saturated heterocycles. The maximum atomic E-state index is 5.66. The molecule has 0 saturated carbocycles. The van der Waals surface area contributed by atoms with Gasteiger partial charge in [0.15, 0.2) is 0 Å². The molecule has 0 unspecified atom stereocenters. The highest BCUT2D eigenvalue weighted by Gasteiger charge is 2.00. The molecule has 0 atom stereocenters. The van der Waals surface area contributed by atoms with Gasteiger partial charge in [-0.05, 0) is 32.9 Å². The van der Waals surface area contributed by atoms with Gasteiger partial charge >= 0.3 is 0 Å². The van der Waals surface area contributed by atoms with Gasteiger partial charge in [0.2, 0.25) is 0 Å². The summed E-state index contributed by atoms with van der Waals surface area (Å²) in [7, 11) is 0. The second kappa shape index (κ2) is 8.78. The molecule has 0 heterocycles. The zero-order chi connectivity index (χ0) is 12.4. The molecular weight excluding hydrogens is 196 g/mol. The van der Waals surface area contributed by atoms with E-state index in [0.29, 0.717) is 0 Å². The Bertz CT molecular complexity index is 334. The quantitative estimate of drug-likeness (QED) is 0.648. The summed E-state index contributed by atoms with van der Waals surface area (Å²) < 4.78 is 5.66. The monoisotopic (exact) mass is 218 g/mol. The van der Waals surface area contributed by atoms with Crippen LogP contribution in [0.5, 0.6) is 0 Å². The van der Waals surface area contributed by atoms with Crippen LogP contribution in [0.15, 0.2) is 48.2 Å². The molecule has 1 aromatic carbocycles. The molecule has 0 fully saturated rings. The summed E-state index contributed by atoms with van der Waals surface area (Å²) in [6.07, 6.45) is 3.93. The number of allylic oxidation sites excluding steroid dienone is 3. The number of rotatable bonds is 3. The molecule has 1 heteroatoms. The van der Waals surface area contributed by atoms with Crippen LogP contribution < -0.4 is 0 Å². The first-order valence-electron chi connectivity index (χ1n) is 5.80. The van der Waals surface area contributed by atoms with Crippen LogP contribution in [0.4, 0.5) is 0 Å². The fourth-order valence-electron chi connectivity index (χ4n) is 1.12. The maximum absolute atomic E-state index is 5.66. The molecule has 0 bridgehead atoms. The third-order valence-corrected chi connectivity index (χ3v) is 2.00. The van der Waals surface area contributed by atoms with Crippen LogP contribution in [0.1, 0.15) is 40.2 Å². The third-order valence-electron chi connectivity index (χ3n) is 2.00. The Labute approximate surface area is 99.5 Å². The van der Waals surface area contributed by atoms with E-state index in [2.05, 4.69) is 0 Å². The second-order valence-electron chi connectivity index (χ2n) is 3.02. The van der Waals surface area contributed by atoms with Crippen LogP contribution in [-0.4, -0.2) is 0 Å². The van der Waals surface area contributed by atoms with E-state index in [0.717, 1.165) is 17.1 Å². The molecule has 16 heavy (non-hydrogen) atoms. The predicted octanol–water partition coefficient (Wildman–Crippen LogP) is 5.01. The first-order valence-corrected chi connectivity index (χ1v) is 5.80. The first kappa shape index (κ1) is 14.5. The average molecular weight is 218 g/mol. The second-order valence-corrected chi connectivity index (χ2v) is 3.02. The number of ether oxygens (including phenoxy) is 1. The Morgan fingerprint density at radius 3 is 2.00 bits per heavy atom. The van der Waals surface area contributed by atoms with E-state index in [1.807, 2.05) is 77.1 Å². The van der Waals surface area contributed by atoms with E-state index in [4.69, 9.17) is 4.74 Å². The molecule has 0 spiro atoms. The van der Waals surface area contributed by atoms with Gasteiger partial charge in [-0.3, -0.25) is 0 Å². The molecular formula is C15H22O. The van der Waals surface area contributed by atoms with Gasteiger partial charge in [0, 0.05) is 5.56 Å². The highest BCUT2D eigenvalue weighted by atomic mass is 16.5. The summed E-state index contributed by atoms with van der Waals surface area (Å²) in [5.74, 6) is 1.82. The van der Waals surface area contributed by atoms with Crippen molar-refractivity contribution >= 4 is 5.76 Å². The summed E-state index contributed by atoms with van der Waals surface area (Å²) in [6.45, 7) is 9.89. The molecule has 0 radical (unpaired) electrons. The molecule has 0 aliphatic rings. The Morgan fingerprint density at radius 1 is 1.00 bits per heavy atom. The Hall–Kier alpha value is -1.50. The lowest BCUT2D eigenvalue weighted by atomic mass is 10.2. The van der Waals surface area contributed by atoms with Crippen molar-refractivity contribution in [3.05, 3.63) is 53.8 Å². The van der Waals surface area contributed by atoms with Gasteiger partial charge in [0.05, 0.1) is 5.76 Å². The lowest BCUT2D eigenvalue weighted by molar-refractivity contribution is 0.383. The van der Waals surface area contributed by atoms with Crippen molar-refractivity contribution < 1.29 is 4.74 Å². The largest absolute Gasteiger partial charge is 0.462 e. The fraction of sp³-hybridized carbons (Fsp3) is 0.333. The number of hydrogen-bond donors (Lipinski definition) is 0. The van der Waals surface area contributed by atoms with Crippen molar-refractivity contribution in [1.82, 2.24) is 0 Å². The van der Waals surface area contributed by atoms with Gasteiger partial charge < -0.3 is 4.74 Å². The summed E-state index contributed by atoms with van der Waals surface area (Å²) in [4.78, 5) is 0. The van der Waals surface area contributed by atoms with Crippen molar-refractivity contribution in [2.24, 2.45) is 0 Å². The van der Waals surface area contributed by atoms with Gasteiger partial charge in [0.25, 0.3) is 0 Å².